The molecule has 0 saturated heterocycles. The molecular formula is C17H23N3O. The van der Waals surface area contributed by atoms with Crippen LogP contribution in [0.1, 0.15) is 12.0 Å². The van der Waals surface area contributed by atoms with E-state index in [1.165, 1.54) is 16.5 Å². The van der Waals surface area contributed by atoms with E-state index in [1.54, 1.807) is 6.08 Å². The summed E-state index contributed by atoms with van der Waals surface area (Å²) >= 11 is 0. The second kappa shape index (κ2) is 7.09. The second-order valence-electron chi connectivity index (χ2n) is 5.45. The molecule has 0 aliphatic rings. The topological polar surface area (TPSA) is 37.3 Å². The Morgan fingerprint density at radius 2 is 2.14 bits per heavy atom. The molecule has 1 N–H and O–H groups in total. The van der Waals surface area contributed by atoms with Gasteiger partial charge in [0, 0.05) is 43.2 Å². The van der Waals surface area contributed by atoms with Gasteiger partial charge in [-0.05, 0) is 25.7 Å². The average Bonchev–Trinajstić information content (AvgIpc) is 2.80. The molecule has 2 aromatic rings. The van der Waals surface area contributed by atoms with Crippen LogP contribution in [-0.4, -0.2) is 36.0 Å². The highest BCUT2D eigenvalue weighted by Gasteiger charge is 2.09. The largest absolute Gasteiger partial charge is 0.353 e. The Balaban J connectivity index is 2.15. The Bertz CT molecular complexity index is 628. The smallest absolute Gasteiger partial charge is 0.222 e. The van der Waals surface area contributed by atoms with Crippen LogP contribution >= 0.6 is 0 Å². The van der Waals surface area contributed by atoms with Crippen molar-refractivity contribution in [1.29, 1.82) is 0 Å². The number of nitrogens with one attached hydrogen (secondary N) is 1. The van der Waals surface area contributed by atoms with Crippen molar-refractivity contribution in [2.24, 2.45) is 0 Å². The molecule has 2 rings (SSSR count). The summed E-state index contributed by atoms with van der Waals surface area (Å²) in [6.07, 6.45) is 4.33. The molecule has 1 aromatic carbocycles. The van der Waals surface area contributed by atoms with Gasteiger partial charge in [0.1, 0.15) is 0 Å². The van der Waals surface area contributed by atoms with Gasteiger partial charge in [-0.1, -0.05) is 24.3 Å². The van der Waals surface area contributed by atoms with E-state index < -0.39 is 0 Å². The minimum absolute atomic E-state index is 0.0573. The van der Waals surface area contributed by atoms with Crippen LogP contribution < -0.4 is 5.32 Å². The van der Waals surface area contributed by atoms with E-state index in [2.05, 4.69) is 59.9 Å². The number of carbonyl (C=O) groups excluding carboxylic acids is 1. The van der Waals surface area contributed by atoms with E-state index in [4.69, 9.17) is 0 Å². The van der Waals surface area contributed by atoms with Crippen LogP contribution in [0.25, 0.3) is 10.9 Å². The lowest BCUT2D eigenvalue weighted by Gasteiger charge is -2.07. The van der Waals surface area contributed by atoms with Gasteiger partial charge < -0.3 is 14.8 Å². The number of rotatable bonds is 7. The third kappa shape index (κ3) is 3.95. The minimum Gasteiger partial charge on any atom is -0.353 e. The Morgan fingerprint density at radius 3 is 2.86 bits per heavy atom. The number of nitrogens with zero attached hydrogens (tertiary/aromatic N) is 2. The first-order valence-corrected chi connectivity index (χ1v) is 7.21. The monoisotopic (exact) mass is 285 g/mol. The van der Waals surface area contributed by atoms with Gasteiger partial charge in [-0.15, -0.1) is 6.58 Å². The maximum atomic E-state index is 11.7. The zero-order valence-corrected chi connectivity index (χ0v) is 12.8. The average molecular weight is 285 g/mol. The number of benzene rings is 1. The van der Waals surface area contributed by atoms with Gasteiger partial charge in [-0.3, -0.25) is 4.79 Å². The Morgan fingerprint density at radius 1 is 1.38 bits per heavy atom. The summed E-state index contributed by atoms with van der Waals surface area (Å²) in [5.41, 5.74) is 2.48. The lowest BCUT2D eigenvalue weighted by Crippen LogP contribution is -2.24. The number of carbonyl (C=O) groups is 1. The molecule has 4 heteroatoms. The highest BCUT2D eigenvalue weighted by Crippen LogP contribution is 2.22. The highest BCUT2D eigenvalue weighted by molar-refractivity contribution is 5.84. The molecule has 0 fully saturated rings. The van der Waals surface area contributed by atoms with E-state index in [9.17, 15) is 4.79 Å². The van der Waals surface area contributed by atoms with Gasteiger partial charge >= 0.3 is 0 Å². The lowest BCUT2D eigenvalue weighted by atomic mass is 10.2. The van der Waals surface area contributed by atoms with Crippen molar-refractivity contribution >= 4 is 16.8 Å². The molecule has 0 spiro atoms. The maximum Gasteiger partial charge on any atom is 0.222 e. The Kier molecular flexibility index (Phi) is 5.17. The summed E-state index contributed by atoms with van der Waals surface area (Å²) in [7, 11) is 4.13. The fourth-order valence-electron chi connectivity index (χ4n) is 2.47. The molecule has 0 atom stereocenters. The van der Waals surface area contributed by atoms with Crippen molar-refractivity contribution in [2.45, 2.75) is 19.5 Å². The van der Waals surface area contributed by atoms with Crippen LogP contribution in [0.4, 0.5) is 0 Å². The van der Waals surface area contributed by atoms with E-state index >= 15 is 0 Å². The number of aryl methyl sites for hydroxylation is 1. The molecule has 0 unspecified atom stereocenters. The molecule has 1 aromatic heterocycles. The number of hydrogen-bond acceptors (Lipinski definition) is 2. The standard InChI is InChI=1S/C17H23N3O/c1-4-10-18-17(21)9-11-20-13-14(12-19(2)3)15-7-5-6-8-16(15)20/h4-8,13H,1,9-12H2,2-3H3,(H,18,21). The number of hydrogen-bond donors (Lipinski definition) is 1. The molecule has 1 heterocycles. The van der Waals surface area contributed by atoms with E-state index in [-0.39, 0.29) is 5.91 Å². The molecule has 0 bridgehead atoms. The van der Waals surface area contributed by atoms with Gasteiger partial charge in [0.2, 0.25) is 5.91 Å². The molecule has 1 amide bonds. The van der Waals surface area contributed by atoms with Crippen LogP contribution in [0.3, 0.4) is 0 Å². The van der Waals surface area contributed by atoms with Gasteiger partial charge in [-0.2, -0.15) is 0 Å². The number of fused-ring (bicyclic) bond motifs is 1. The van der Waals surface area contributed by atoms with Gasteiger partial charge in [0.15, 0.2) is 0 Å². The SMILES string of the molecule is C=CCNC(=O)CCn1cc(CN(C)C)c2ccccc21. The van der Waals surface area contributed by atoms with Crippen LogP contribution in [0.2, 0.25) is 0 Å². The first-order chi connectivity index (χ1) is 10.1. The number of para-hydroxylation sites is 1. The molecule has 0 radical (unpaired) electrons. The van der Waals surface area contributed by atoms with Gasteiger partial charge in [-0.25, -0.2) is 0 Å². The predicted octanol–water partition coefficient (Wildman–Crippen LogP) is 2.40. The summed E-state index contributed by atoms with van der Waals surface area (Å²) < 4.78 is 2.17. The summed E-state index contributed by atoms with van der Waals surface area (Å²) in [6.45, 7) is 5.71. The summed E-state index contributed by atoms with van der Waals surface area (Å²) in [5.74, 6) is 0.0573. The van der Waals surface area contributed by atoms with Crippen molar-refractivity contribution in [1.82, 2.24) is 14.8 Å². The highest BCUT2D eigenvalue weighted by atomic mass is 16.1. The normalized spacial score (nSPS) is 11.0. The number of amides is 1. The quantitative estimate of drug-likeness (QED) is 0.793. The fourth-order valence-corrected chi connectivity index (χ4v) is 2.47. The van der Waals surface area contributed by atoms with Crippen molar-refractivity contribution in [3.05, 3.63) is 48.7 Å². The molecule has 0 aliphatic carbocycles. The molecule has 112 valence electrons. The fraction of sp³-hybridized carbons (Fsp3) is 0.353. The van der Waals surface area contributed by atoms with Gasteiger partial charge in [0.05, 0.1) is 0 Å². The summed E-state index contributed by atoms with van der Waals surface area (Å²) in [4.78, 5) is 13.9. The third-order valence-electron chi connectivity index (χ3n) is 3.38. The molecule has 0 aliphatic heterocycles. The molecular weight excluding hydrogens is 262 g/mol. The molecule has 0 saturated carbocycles. The van der Waals surface area contributed by atoms with Crippen molar-refractivity contribution < 1.29 is 4.79 Å². The Hall–Kier alpha value is -2.07. The van der Waals surface area contributed by atoms with Crippen LogP contribution in [0.5, 0.6) is 0 Å². The third-order valence-corrected chi connectivity index (χ3v) is 3.38. The molecule has 21 heavy (non-hydrogen) atoms. The summed E-state index contributed by atoms with van der Waals surface area (Å²) in [5, 5.41) is 4.07. The zero-order chi connectivity index (χ0) is 15.2. The van der Waals surface area contributed by atoms with Crippen LogP contribution in [0, 0.1) is 0 Å². The minimum atomic E-state index is 0.0573. The first kappa shape index (κ1) is 15.3. The van der Waals surface area contributed by atoms with E-state index in [0.29, 0.717) is 19.5 Å². The van der Waals surface area contributed by atoms with E-state index in [1.807, 2.05) is 6.07 Å². The zero-order valence-electron chi connectivity index (χ0n) is 12.8. The second-order valence-corrected chi connectivity index (χ2v) is 5.45. The maximum absolute atomic E-state index is 11.7. The van der Waals surface area contributed by atoms with Gasteiger partial charge in [0.25, 0.3) is 0 Å². The van der Waals surface area contributed by atoms with Crippen LogP contribution in [0.15, 0.2) is 43.1 Å². The number of aromatic nitrogens is 1. The van der Waals surface area contributed by atoms with Crippen molar-refractivity contribution in [3.8, 4) is 0 Å². The lowest BCUT2D eigenvalue weighted by molar-refractivity contribution is -0.121. The van der Waals surface area contributed by atoms with Crippen molar-refractivity contribution in [2.75, 3.05) is 20.6 Å². The van der Waals surface area contributed by atoms with Crippen LogP contribution in [-0.2, 0) is 17.9 Å². The first-order valence-electron chi connectivity index (χ1n) is 7.21. The molecule has 4 nitrogen and oxygen atoms in total. The summed E-state index contributed by atoms with van der Waals surface area (Å²) in [6, 6.07) is 8.34. The van der Waals surface area contributed by atoms with E-state index in [0.717, 1.165) is 6.54 Å². The Labute approximate surface area is 126 Å². The van der Waals surface area contributed by atoms with Crippen molar-refractivity contribution in [3.63, 3.8) is 0 Å². The predicted molar refractivity (Wildman–Crippen MR) is 87.2 cm³/mol.